The van der Waals surface area contributed by atoms with Gasteiger partial charge in [-0.15, -0.1) is 0 Å². The van der Waals surface area contributed by atoms with E-state index in [1.165, 1.54) is 0 Å². The highest BCUT2D eigenvalue weighted by atomic mass is 35.5. The molecule has 1 aromatic carbocycles. The van der Waals surface area contributed by atoms with Crippen LogP contribution in [0.5, 0.6) is 0 Å². The monoisotopic (exact) mass is 308 g/mol. The van der Waals surface area contributed by atoms with Gasteiger partial charge in [0, 0.05) is 16.7 Å². The summed E-state index contributed by atoms with van der Waals surface area (Å²) in [4.78, 5) is 35.7. The van der Waals surface area contributed by atoms with Crippen LogP contribution in [0.25, 0.3) is 0 Å². The van der Waals surface area contributed by atoms with E-state index >= 15 is 0 Å². The van der Waals surface area contributed by atoms with Gasteiger partial charge >= 0.3 is 5.97 Å². The summed E-state index contributed by atoms with van der Waals surface area (Å²) in [6.07, 6.45) is 0.0296. The number of Topliss-reactive ketones (excluding diaryl/α,β-unsaturated/α-hetero) is 1. The molecule has 1 aliphatic heterocycles. The first kappa shape index (κ1) is 13.1. The number of esters is 1. The summed E-state index contributed by atoms with van der Waals surface area (Å²) in [5, 5.41) is -0.347. The van der Waals surface area contributed by atoms with Crippen molar-refractivity contribution < 1.29 is 19.1 Å². The molecule has 0 radical (unpaired) electrons. The third kappa shape index (κ3) is 1.80. The Morgan fingerprint density at radius 1 is 1.00 bits per heavy atom. The van der Waals surface area contributed by atoms with Crippen molar-refractivity contribution in [3.05, 3.63) is 57.1 Å². The SMILES string of the molecule is O=C1O[C@H](C2=CC(=O)c3ccccc3C2=O)C(Cl)=C1Cl. The van der Waals surface area contributed by atoms with Crippen LogP contribution in [-0.4, -0.2) is 23.6 Å². The van der Waals surface area contributed by atoms with Gasteiger partial charge in [-0.2, -0.15) is 0 Å². The number of ether oxygens (including phenoxy) is 1. The molecule has 1 atom stereocenters. The van der Waals surface area contributed by atoms with Crippen LogP contribution in [-0.2, 0) is 9.53 Å². The number of carbonyl (C=O) groups is 3. The van der Waals surface area contributed by atoms with Crippen molar-refractivity contribution in [1.82, 2.24) is 0 Å². The summed E-state index contributed by atoms with van der Waals surface area (Å²) in [5.41, 5.74) is 0.595. The molecule has 4 nitrogen and oxygen atoms in total. The Kier molecular flexibility index (Phi) is 3.00. The Labute approximate surface area is 123 Å². The predicted octanol–water partition coefficient (Wildman–Crippen LogP) is 2.61. The fourth-order valence-electron chi connectivity index (χ4n) is 2.15. The van der Waals surface area contributed by atoms with Crippen molar-refractivity contribution >= 4 is 40.7 Å². The van der Waals surface area contributed by atoms with Gasteiger partial charge in [-0.25, -0.2) is 4.79 Å². The van der Waals surface area contributed by atoms with E-state index in [0.29, 0.717) is 5.56 Å². The van der Waals surface area contributed by atoms with Crippen molar-refractivity contribution in [2.45, 2.75) is 6.10 Å². The molecule has 0 fully saturated rings. The van der Waals surface area contributed by atoms with Crippen LogP contribution in [0, 0.1) is 0 Å². The van der Waals surface area contributed by atoms with Gasteiger partial charge in [0.05, 0.1) is 5.03 Å². The maximum absolute atomic E-state index is 12.4. The average Bonchev–Trinajstić information content (AvgIpc) is 2.70. The summed E-state index contributed by atoms with van der Waals surface area (Å²) < 4.78 is 4.94. The first-order chi connectivity index (χ1) is 9.50. The summed E-state index contributed by atoms with van der Waals surface area (Å²) in [6.45, 7) is 0. The number of carbonyl (C=O) groups excluding carboxylic acids is 3. The third-order valence-electron chi connectivity index (χ3n) is 3.11. The molecule has 20 heavy (non-hydrogen) atoms. The highest BCUT2D eigenvalue weighted by Crippen LogP contribution is 2.35. The minimum Gasteiger partial charge on any atom is -0.447 e. The van der Waals surface area contributed by atoms with Gasteiger partial charge in [0.15, 0.2) is 17.7 Å². The topological polar surface area (TPSA) is 60.4 Å². The van der Waals surface area contributed by atoms with Crippen LogP contribution in [0.15, 0.2) is 46.0 Å². The van der Waals surface area contributed by atoms with Gasteiger partial charge < -0.3 is 4.74 Å². The van der Waals surface area contributed by atoms with Crippen LogP contribution < -0.4 is 0 Å². The number of halogens is 2. The third-order valence-corrected chi connectivity index (χ3v) is 3.95. The minimum atomic E-state index is -1.11. The molecular weight excluding hydrogens is 303 g/mol. The van der Waals surface area contributed by atoms with Gasteiger partial charge in [0.2, 0.25) is 0 Å². The number of hydrogen-bond donors (Lipinski definition) is 0. The lowest BCUT2D eigenvalue weighted by atomic mass is 9.87. The Morgan fingerprint density at radius 3 is 2.25 bits per heavy atom. The maximum Gasteiger partial charge on any atom is 0.352 e. The van der Waals surface area contributed by atoms with E-state index in [-0.39, 0.29) is 27.0 Å². The standard InChI is InChI=1S/C14H6Cl2O4/c15-10-11(16)14(19)20-13(10)8-5-9(17)6-3-1-2-4-7(6)12(8)18/h1-5,13H/t13-/m1/s1. The Bertz CT molecular complexity index is 730. The molecule has 0 aromatic heterocycles. The molecule has 0 bridgehead atoms. The molecule has 1 aliphatic carbocycles. The number of allylic oxidation sites excluding steroid dienone is 1. The lowest BCUT2D eigenvalue weighted by Gasteiger charge is -2.19. The second-order valence-corrected chi connectivity index (χ2v) is 5.07. The fraction of sp³-hybridized carbons (Fsp3) is 0.0714. The molecule has 0 saturated heterocycles. The molecular formula is C14H6Cl2O4. The Hall–Kier alpha value is -1.91. The van der Waals surface area contributed by atoms with Crippen molar-refractivity contribution in [2.75, 3.05) is 0 Å². The van der Waals surface area contributed by atoms with Crippen LogP contribution in [0.2, 0.25) is 0 Å². The second-order valence-electron chi connectivity index (χ2n) is 4.29. The Balaban J connectivity index is 2.08. The minimum absolute atomic E-state index is 0.0164. The molecule has 0 unspecified atom stereocenters. The zero-order valence-electron chi connectivity index (χ0n) is 9.85. The van der Waals surface area contributed by atoms with Crippen LogP contribution >= 0.6 is 23.2 Å². The summed E-state index contributed by atoms with van der Waals surface area (Å²) >= 11 is 11.6. The van der Waals surface area contributed by atoms with Crippen molar-refractivity contribution in [1.29, 1.82) is 0 Å². The second kappa shape index (κ2) is 4.58. The number of fused-ring (bicyclic) bond motifs is 1. The lowest BCUT2D eigenvalue weighted by molar-refractivity contribution is -0.137. The highest BCUT2D eigenvalue weighted by Gasteiger charge is 2.40. The molecule has 100 valence electrons. The van der Waals surface area contributed by atoms with Gasteiger partial charge in [0.25, 0.3) is 0 Å². The maximum atomic E-state index is 12.4. The highest BCUT2D eigenvalue weighted by molar-refractivity contribution is 6.49. The van der Waals surface area contributed by atoms with E-state index in [1.807, 2.05) is 0 Å². The molecule has 0 N–H and O–H groups in total. The molecule has 3 rings (SSSR count). The summed E-state index contributed by atoms with van der Waals surface area (Å²) in [5.74, 6) is -1.54. The van der Waals surface area contributed by atoms with Crippen LogP contribution in [0.1, 0.15) is 20.7 Å². The fourth-order valence-corrected chi connectivity index (χ4v) is 2.54. The van der Waals surface area contributed by atoms with Gasteiger partial charge in [-0.3, -0.25) is 9.59 Å². The molecule has 6 heteroatoms. The van der Waals surface area contributed by atoms with Gasteiger partial charge in [0.1, 0.15) is 5.03 Å². The zero-order valence-corrected chi connectivity index (χ0v) is 11.4. The van der Waals surface area contributed by atoms with E-state index in [0.717, 1.165) is 6.08 Å². The van der Waals surface area contributed by atoms with Crippen molar-refractivity contribution in [3.8, 4) is 0 Å². The largest absolute Gasteiger partial charge is 0.447 e. The molecule has 0 saturated carbocycles. The normalized spacial score (nSPS) is 21.8. The molecule has 1 aromatic rings. The van der Waals surface area contributed by atoms with Crippen LogP contribution in [0.4, 0.5) is 0 Å². The first-order valence-electron chi connectivity index (χ1n) is 5.66. The number of ketones is 2. The first-order valence-corrected chi connectivity index (χ1v) is 6.42. The lowest BCUT2D eigenvalue weighted by Crippen LogP contribution is -2.26. The van der Waals surface area contributed by atoms with E-state index < -0.39 is 17.9 Å². The predicted molar refractivity (Wildman–Crippen MR) is 71.8 cm³/mol. The average molecular weight is 309 g/mol. The van der Waals surface area contributed by atoms with E-state index in [4.69, 9.17) is 27.9 Å². The quantitative estimate of drug-likeness (QED) is 0.748. The van der Waals surface area contributed by atoms with Crippen molar-refractivity contribution in [2.24, 2.45) is 0 Å². The molecule has 1 heterocycles. The number of benzene rings is 1. The molecule has 2 aliphatic rings. The van der Waals surface area contributed by atoms with Crippen LogP contribution in [0.3, 0.4) is 0 Å². The van der Waals surface area contributed by atoms with Gasteiger partial charge in [-0.05, 0) is 6.08 Å². The molecule has 0 spiro atoms. The number of rotatable bonds is 1. The van der Waals surface area contributed by atoms with E-state index in [9.17, 15) is 14.4 Å². The van der Waals surface area contributed by atoms with Gasteiger partial charge in [-0.1, -0.05) is 47.5 Å². The van der Waals surface area contributed by atoms with E-state index in [1.54, 1.807) is 24.3 Å². The van der Waals surface area contributed by atoms with E-state index in [2.05, 4.69) is 0 Å². The number of cyclic esters (lactones) is 1. The summed E-state index contributed by atoms with van der Waals surface area (Å²) in [7, 11) is 0. The molecule has 0 amide bonds. The summed E-state index contributed by atoms with van der Waals surface area (Å²) in [6, 6.07) is 6.42. The zero-order chi connectivity index (χ0) is 14.4. The van der Waals surface area contributed by atoms with Crippen molar-refractivity contribution in [3.63, 3.8) is 0 Å². The smallest absolute Gasteiger partial charge is 0.352 e. The Morgan fingerprint density at radius 2 is 1.65 bits per heavy atom. The number of hydrogen-bond acceptors (Lipinski definition) is 4.